The van der Waals surface area contributed by atoms with Crippen molar-refractivity contribution >= 4 is 0 Å². The summed E-state index contributed by atoms with van der Waals surface area (Å²) in [6.07, 6.45) is 7.66. The minimum absolute atomic E-state index is 1.18. The zero-order valence-electron chi connectivity index (χ0n) is 9.98. The molecule has 0 unspecified atom stereocenters. The van der Waals surface area contributed by atoms with Gasteiger partial charge in [0.25, 0.3) is 0 Å². The quantitative estimate of drug-likeness (QED) is 0.762. The van der Waals surface area contributed by atoms with Gasteiger partial charge in [0.15, 0.2) is 0 Å². The van der Waals surface area contributed by atoms with Gasteiger partial charge in [-0.1, -0.05) is 37.6 Å². The summed E-state index contributed by atoms with van der Waals surface area (Å²) in [4.78, 5) is 0. The summed E-state index contributed by atoms with van der Waals surface area (Å²) in [6.45, 7) is 2.23. The second-order valence-electron chi connectivity index (χ2n) is 4.20. The number of benzene rings is 1. The maximum Gasteiger partial charge on any atom is 0.0568 e. The van der Waals surface area contributed by atoms with E-state index in [1.807, 2.05) is 24.1 Å². The molecule has 0 bridgehead atoms. The maximum atomic E-state index is 4.18. The van der Waals surface area contributed by atoms with E-state index in [0.717, 1.165) is 0 Å². The van der Waals surface area contributed by atoms with Crippen molar-refractivity contribution in [2.45, 2.75) is 26.2 Å². The van der Waals surface area contributed by atoms with E-state index in [4.69, 9.17) is 0 Å². The van der Waals surface area contributed by atoms with Gasteiger partial charge in [-0.3, -0.25) is 4.68 Å². The van der Waals surface area contributed by atoms with Gasteiger partial charge in [-0.25, -0.2) is 0 Å². The Morgan fingerprint density at radius 1 is 1.12 bits per heavy atom. The number of unbranched alkanes of at least 4 members (excludes halogenated alkanes) is 1. The van der Waals surface area contributed by atoms with Gasteiger partial charge in [0.05, 0.1) is 6.20 Å². The molecule has 1 aromatic heterocycles. The summed E-state index contributed by atoms with van der Waals surface area (Å²) in [6, 6.07) is 8.81. The zero-order chi connectivity index (χ0) is 11.4. The van der Waals surface area contributed by atoms with Crippen LogP contribution in [0.3, 0.4) is 0 Å². The minimum Gasteiger partial charge on any atom is -0.275 e. The van der Waals surface area contributed by atoms with Crippen LogP contribution in [0.2, 0.25) is 0 Å². The molecule has 0 N–H and O–H groups in total. The molecule has 0 saturated heterocycles. The first-order valence-electron chi connectivity index (χ1n) is 5.87. The van der Waals surface area contributed by atoms with E-state index >= 15 is 0 Å². The highest BCUT2D eigenvalue weighted by Crippen LogP contribution is 2.19. The van der Waals surface area contributed by atoms with Crippen molar-refractivity contribution in [1.29, 1.82) is 0 Å². The molecule has 2 nitrogen and oxygen atoms in total. The van der Waals surface area contributed by atoms with Crippen LogP contribution >= 0.6 is 0 Å². The molecule has 1 heterocycles. The Labute approximate surface area is 96.9 Å². The van der Waals surface area contributed by atoms with Gasteiger partial charge in [0.1, 0.15) is 0 Å². The average molecular weight is 214 g/mol. The van der Waals surface area contributed by atoms with Crippen LogP contribution in [-0.4, -0.2) is 9.78 Å². The predicted molar refractivity (Wildman–Crippen MR) is 67.3 cm³/mol. The average Bonchev–Trinajstić information content (AvgIpc) is 2.74. The third-order valence-electron chi connectivity index (χ3n) is 2.81. The van der Waals surface area contributed by atoms with Crippen molar-refractivity contribution in [2.24, 2.45) is 7.05 Å². The molecule has 0 fully saturated rings. The Bertz CT molecular complexity index is 440. The monoisotopic (exact) mass is 214 g/mol. The summed E-state index contributed by atoms with van der Waals surface area (Å²) >= 11 is 0. The number of aryl methyl sites for hydroxylation is 2. The maximum absolute atomic E-state index is 4.18. The summed E-state index contributed by atoms with van der Waals surface area (Å²) < 4.78 is 1.83. The Morgan fingerprint density at radius 3 is 2.44 bits per heavy atom. The molecule has 16 heavy (non-hydrogen) atoms. The lowest BCUT2D eigenvalue weighted by atomic mass is 10.0. The largest absolute Gasteiger partial charge is 0.275 e. The molecular weight excluding hydrogens is 196 g/mol. The molecule has 1 aromatic carbocycles. The Kier molecular flexibility index (Phi) is 3.40. The highest BCUT2D eigenvalue weighted by atomic mass is 15.2. The molecule has 0 aliphatic heterocycles. The highest BCUT2D eigenvalue weighted by molar-refractivity contribution is 5.61. The molecule has 0 amide bonds. The lowest BCUT2D eigenvalue weighted by molar-refractivity contribution is 0.768. The van der Waals surface area contributed by atoms with E-state index in [0.29, 0.717) is 0 Å². The first kappa shape index (κ1) is 10.9. The molecule has 2 rings (SSSR count). The van der Waals surface area contributed by atoms with E-state index in [2.05, 4.69) is 36.3 Å². The number of hydrogen-bond donors (Lipinski definition) is 0. The highest BCUT2D eigenvalue weighted by Gasteiger charge is 2.00. The standard InChI is InChI=1S/C14H18N2/c1-3-4-5-12-6-8-13(9-7-12)14-10-15-16(2)11-14/h6-11H,3-5H2,1-2H3. The second-order valence-corrected chi connectivity index (χ2v) is 4.20. The summed E-state index contributed by atoms with van der Waals surface area (Å²) in [5.74, 6) is 0. The summed E-state index contributed by atoms with van der Waals surface area (Å²) in [5, 5.41) is 4.18. The van der Waals surface area contributed by atoms with Crippen molar-refractivity contribution in [3.05, 3.63) is 42.2 Å². The van der Waals surface area contributed by atoms with Crippen LogP contribution < -0.4 is 0 Å². The Hall–Kier alpha value is -1.57. The van der Waals surface area contributed by atoms with E-state index in [1.54, 1.807) is 0 Å². The molecule has 0 aliphatic rings. The minimum atomic E-state index is 1.18. The molecule has 0 spiro atoms. The molecule has 2 aromatic rings. The van der Waals surface area contributed by atoms with Gasteiger partial charge in [0.2, 0.25) is 0 Å². The lowest BCUT2D eigenvalue weighted by Gasteiger charge is -2.01. The van der Waals surface area contributed by atoms with Crippen LogP contribution in [0.4, 0.5) is 0 Å². The number of hydrogen-bond acceptors (Lipinski definition) is 1. The van der Waals surface area contributed by atoms with Gasteiger partial charge in [-0.15, -0.1) is 0 Å². The van der Waals surface area contributed by atoms with E-state index in [-0.39, 0.29) is 0 Å². The second kappa shape index (κ2) is 4.97. The van der Waals surface area contributed by atoms with Gasteiger partial charge >= 0.3 is 0 Å². The lowest BCUT2D eigenvalue weighted by Crippen LogP contribution is -1.85. The SMILES string of the molecule is CCCCc1ccc(-c2cnn(C)c2)cc1. The fourth-order valence-electron chi connectivity index (χ4n) is 1.82. The van der Waals surface area contributed by atoms with Crippen molar-refractivity contribution in [3.63, 3.8) is 0 Å². The fraction of sp³-hybridized carbons (Fsp3) is 0.357. The number of nitrogens with zero attached hydrogens (tertiary/aromatic N) is 2. The zero-order valence-corrected chi connectivity index (χ0v) is 9.98. The first-order valence-corrected chi connectivity index (χ1v) is 5.87. The number of rotatable bonds is 4. The van der Waals surface area contributed by atoms with Crippen molar-refractivity contribution < 1.29 is 0 Å². The van der Waals surface area contributed by atoms with Gasteiger partial charge in [-0.2, -0.15) is 5.10 Å². The molecular formula is C14H18N2. The van der Waals surface area contributed by atoms with E-state index in [9.17, 15) is 0 Å². The van der Waals surface area contributed by atoms with Crippen LogP contribution in [0.15, 0.2) is 36.7 Å². The van der Waals surface area contributed by atoms with Gasteiger partial charge in [-0.05, 0) is 24.0 Å². The molecule has 84 valence electrons. The summed E-state index contributed by atoms with van der Waals surface area (Å²) in [7, 11) is 1.94. The third-order valence-corrected chi connectivity index (χ3v) is 2.81. The third kappa shape index (κ3) is 2.51. The fourth-order valence-corrected chi connectivity index (χ4v) is 1.82. The number of aromatic nitrogens is 2. The normalized spacial score (nSPS) is 10.6. The topological polar surface area (TPSA) is 17.8 Å². The van der Waals surface area contributed by atoms with Gasteiger partial charge < -0.3 is 0 Å². The van der Waals surface area contributed by atoms with Crippen LogP contribution in [-0.2, 0) is 13.5 Å². The Morgan fingerprint density at radius 2 is 1.88 bits per heavy atom. The molecule has 0 saturated carbocycles. The molecule has 0 atom stereocenters. The molecule has 0 aliphatic carbocycles. The van der Waals surface area contributed by atoms with Crippen LogP contribution in [0.5, 0.6) is 0 Å². The molecule has 2 heteroatoms. The van der Waals surface area contributed by atoms with Crippen LogP contribution in [0, 0.1) is 0 Å². The van der Waals surface area contributed by atoms with Crippen LogP contribution in [0.1, 0.15) is 25.3 Å². The van der Waals surface area contributed by atoms with Crippen molar-refractivity contribution in [3.8, 4) is 11.1 Å². The van der Waals surface area contributed by atoms with Crippen molar-refractivity contribution in [1.82, 2.24) is 9.78 Å². The first-order chi connectivity index (χ1) is 7.79. The summed E-state index contributed by atoms with van der Waals surface area (Å²) in [5.41, 5.74) is 3.85. The van der Waals surface area contributed by atoms with Crippen molar-refractivity contribution in [2.75, 3.05) is 0 Å². The smallest absolute Gasteiger partial charge is 0.0568 e. The Balaban J connectivity index is 2.13. The van der Waals surface area contributed by atoms with E-state index < -0.39 is 0 Å². The predicted octanol–water partition coefficient (Wildman–Crippen LogP) is 3.43. The van der Waals surface area contributed by atoms with E-state index in [1.165, 1.54) is 36.0 Å². The van der Waals surface area contributed by atoms with Crippen LogP contribution in [0.25, 0.3) is 11.1 Å². The van der Waals surface area contributed by atoms with Gasteiger partial charge in [0, 0.05) is 18.8 Å². The molecule has 0 radical (unpaired) electrons.